The summed E-state index contributed by atoms with van der Waals surface area (Å²) in [7, 11) is 0. The zero-order valence-electron chi connectivity index (χ0n) is 11.1. The molecule has 2 N–H and O–H groups in total. The molecule has 2 heterocycles. The van der Waals surface area contributed by atoms with Crippen molar-refractivity contribution in [1.29, 1.82) is 5.26 Å². The molecule has 0 amide bonds. The van der Waals surface area contributed by atoms with E-state index in [1.807, 2.05) is 13.1 Å². The lowest BCUT2D eigenvalue weighted by atomic mass is 9.97. The zero-order chi connectivity index (χ0) is 13.5. The first-order valence-corrected chi connectivity index (χ1v) is 6.60. The average Bonchev–Trinajstić information content (AvgIpc) is 2.40. The Morgan fingerprint density at radius 2 is 2.11 bits per heavy atom. The van der Waals surface area contributed by atoms with Gasteiger partial charge in [-0.15, -0.1) is 0 Å². The number of hydrogen-bond donors (Lipinski definition) is 2. The van der Waals surface area contributed by atoms with Gasteiger partial charge in [0.2, 0.25) is 0 Å². The van der Waals surface area contributed by atoms with Gasteiger partial charge in [-0.1, -0.05) is 0 Å². The predicted molar refractivity (Wildman–Crippen MR) is 72.7 cm³/mol. The van der Waals surface area contributed by atoms with E-state index in [-0.39, 0.29) is 0 Å². The van der Waals surface area contributed by atoms with E-state index in [9.17, 15) is 0 Å². The number of hydrogen-bond acceptors (Lipinski definition) is 6. The van der Waals surface area contributed by atoms with Crippen LogP contribution in [0.2, 0.25) is 0 Å². The van der Waals surface area contributed by atoms with Crippen LogP contribution in [0.4, 0.5) is 11.6 Å². The monoisotopic (exact) mass is 261 g/mol. The number of aromatic nitrogens is 2. The third kappa shape index (κ3) is 4.38. The molecule has 1 aliphatic heterocycles. The van der Waals surface area contributed by atoms with Gasteiger partial charge in [0.15, 0.2) is 6.19 Å². The van der Waals surface area contributed by atoms with E-state index in [0.29, 0.717) is 11.6 Å². The Hall–Kier alpha value is -1.87. The third-order valence-corrected chi connectivity index (χ3v) is 3.22. The summed E-state index contributed by atoms with van der Waals surface area (Å²) in [6.07, 6.45) is 5.27. The predicted octanol–water partition coefficient (Wildman–Crippen LogP) is 1.91. The fourth-order valence-corrected chi connectivity index (χ4v) is 2.22. The van der Waals surface area contributed by atoms with Crippen molar-refractivity contribution in [2.75, 3.05) is 30.4 Å². The van der Waals surface area contributed by atoms with Gasteiger partial charge in [-0.3, -0.25) is 5.32 Å². The van der Waals surface area contributed by atoms with Crippen molar-refractivity contribution in [3.63, 3.8) is 0 Å². The topological polar surface area (TPSA) is 82.9 Å². The van der Waals surface area contributed by atoms with Gasteiger partial charge in [-0.2, -0.15) is 5.26 Å². The van der Waals surface area contributed by atoms with E-state index in [2.05, 4.69) is 20.6 Å². The summed E-state index contributed by atoms with van der Waals surface area (Å²) in [5.74, 6) is 2.68. The van der Waals surface area contributed by atoms with Gasteiger partial charge in [-0.25, -0.2) is 9.97 Å². The molecule has 2 rings (SSSR count). The molecule has 0 bridgehead atoms. The highest BCUT2D eigenvalue weighted by Gasteiger charge is 2.13. The number of ether oxygens (including phenoxy) is 1. The van der Waals surface area contributed by atoms with Crippen molar-refractivity contribution in [3.8, 4) is 6.19 Å². The molecule has 6 heteroatoms. The second-order valence-corrected chi connectivity index (χ2v) is 4.69. The Morgan fingerprint density at radius 1 is 1.37 bits per heavy atom. The second kappa shape index (κ2) is 6.90. The average molecular weight is 261 g/mol. The maximum Gasteiger partial charge on any atom is 0.182 e. The standard InChI is InChI=1S/C13H19N5O/c1-10-17-12(8-13(18-10)16-9-14)15-5-2-11-3-6-19-7-4-11/h8,11H,2-7H2,1H3,(H2,15,16,17,18). The van der Waals surface area contributed by atoms with Crippen LogP contribution in [-0.4, -0.2) is 29.7 Å². The SMILES string of the molecule is Cc1nc(NC#N)cc(NCCC2CCOCC2)n1. The van der Waals surface area contributed by atoms with E-state index in [0.717, 1.165) is 50.8 Å². The Kier molecular flexibility index (Phi) is 4.93. The van der Waals surface area contributed by atoms with Crippen molar-refractivity contribution in [1.82, 2.24) is 9.97 Å². The van der Waals surface area contributed by atoms with Crippen LogP contribution in [0.5, 0.6) is 0 Å². The maximum atomic E-state index is 8.59. The lowest BCUT2D eigenvalue weighted by molar-refractivity contribution is 0.0649. The summed E-state index contributed by atoms with van der Waals surface area (Å²) < 4.78 is 5.34. The van der Waals surface area contributed by atoms with Gasteiger partial charge in [0.05, 0.1) is 0 Å². The molecular formula is C13H19N5O. The summed E-state index contributed by atoms with van der Waals surface area (Å²) in [5, 5.41) is 14.4. The number of aryl methyl sites for hydroxylation is 1. The zero-order valence-corrected chi connectivity index (χ0v) is 11.1. The van der Waals surface area contributed by atoms with Crippen molar-refractivity contribution >= 4 is 11.6 Å². The highest BCUT2D eigenvalue weighted by atomic mass is 16.5. The quantitative estimate of drug-likeness (QED) is 0.622. The molecule has 1 aromatic rings. The van der Waals surface area contributed by atoms with Gasteiger partial charge in [0.25, 0.3) is 0 Å². The van der Waals surface area contributed by atoms with Crippen LogP contribution in [0.1, 0.15) is 25.1 Å². The van der Waals surface area contributed by atoms with Crippen LogP contribution >= 0.6 is 0 Å². The molecule has 0 saturated carbocycles. The molecule has 102 valence electrons. The first-order chi connectivity index (χ1) is 9.28. The van der Waals surface area contributed by atoms with Gasteiger partial charge in [0, 0.05) is 25.8 Å². The van der Waals surface area contributed by atoms with Gasteiger partial charge < -0.3 is 10.1 Å². The first-order valence-electron chi connectivity index (χ1n) is 6.60. The highest BCUT2D eigenvalue weighted by molar-refractivity contribution is 5.49. The molecule has 6 nitrogen and oxygen atoms in total. The van der Waals surface area contributed by atoms with E-state index < -0.39 is 0 Å². The fourth-order valence-electron chi connectivity index (χ4n) is 2.22. The van der Waals surface area contributed by atoms with Crippen molar-refractivity contribution in [2.24, 2.45) is 5.92 Å². The van der Waals surface area contributed by atoms with E-state index >= 15 is 0 Å². The number of anilines is 2. The molecule has 1 aliphatic rings. The minimum atomic E-state index is 0.531. The second-order valence-electron chi connectivity index (χ2n) is 4.69. The molecule has 1 fully saturated rings. The van der Waals surface area contributed by atoms with Crippen molar-refractivity contribution in [2.45, 2.75) is 26.2 Å². The molecule has 0 aliphatic carbocycles. The molecule has 0 atom stereocenters. The first kappa shape index (κ1) is 13.6. The van der Waals surface area contributed by atoms with Gasteiger partial charge in [0.1, 0.15) is 17.5 Å². The third-order valence-electron chi connectivity index (χ3n) is 3.22. The Labute approximate surface area is 113 Å². The van der Waals surface area contributed by atoms with Crippen LogP contribution in [0, 0.1) is 24.3 Å². The maximum absolute atomic E-state index is 8.59. The molecule has 0 spiro atoms. The number of nitriles is 1. The molecule has 0 aromatic carbocycles. The summed E-state index contributed by atoms with van der Waals surface area (Å²) in [4.78, 5) is 8.42. The lowest BCUT2D eigenvalue weighted by Gasteiger charge is -2.22. The van der Waals surface area contributed by atoms with Gasteiger partial charge >= 0.3 is 0 Å². The van der Waals surface area contributed by atoms with Crippen molar-refractivity contribution in [3.05, 3.63) is 11.9 Å². The molecule has 1 aromatic heterocycles. The Balaban J connectivity index is 1.83. The van der Waals surface area contributed by atoms with E-state index in [1.165, 1.54) is 0 Å². The normalized spacial score (nSPS) is 15.8. The number of nitrogens with one attached hydrogen (secondary N) is 2. The number of rotatable bonds is 5. The van der Waals surface area contributed by atoms with Crippen LogP contribution in [-0.2, 0) is 4.74 Å². The minimum Gasteiger partial charge on any atom is -0.381 e. The van der Waals surface area contributed by atoms with E-state index in [4.69, 9.17) is 10.00 Å². The minimum absolute atomic E-state index is 0.531. The van der Waals surface area contributed by atoms with E-state index in [1.54, 1.807) is 6.07 Å². The van der Waals surface area contributed by atoms with Crippen LogP contribution in [0.3, 0.4) is 0 Å². The van der Waals surface area contributed by atoms with Crippen LogP contribution in [0.15, 0.2) is 6.07 Å². The fraction of sp³-hybridized carbons (Fsp3) is 0.615. The summed E-state index contributed by atoms with van der Waals surface area (Å²) in [6, 6.07) is 1.75. The summed E-state index contributed by atoms with van der Waals surface area (Å²) in [6.45, 7) is 4.46. The Morgan fingerprint density at radius 3 is 2.84 bits per heavy atom. The van der Waals surface area contributed by atoms with Crippen LogP contribution < -0.4 is 10.6 Å². The molecule has 0 unspecified atom stereocenters. The largest absolute Gasteiger partial charge is 0.381 e. The lowest BCUT2D eigenvalue weighted by Crippen LogP contribution is -2.18. The van der Waals surface area contributed by atoms with Gasteiger partial charge in [-0.05, 0) is 32.1 Å². The highest BCUT2D eigenvalue weighted by Crippen LogP contribution is 2.18. The number of nitrogens with zero attached hydrogens (tertiary/aromatic N) is 3. The molecule has 0 radical (unpaired) electrons. The van der Waals surface area contributed by atoms with Crippen LogP contribution in [0.25, 0.3) is 0 Å². The summed E-state index contributed by atoms with van der Waals surface area (Å²) in [5.41, 5.74) is 0. The molecular weight excluding hydrogens is 242 g/mol. The smallest absolute Gasteiger partial charge is 0.182 e. The van der Waals surface area contributed by atoms with Crippen molar-refractivity contribution < 1.29 is 4.74 Å². The molecule has 1 saturated heterocycles. The Bertz CT molecular complexity index is 451. The summed E-state index contributed by atoms with van der Waals surface area (Å²) >= 11 is 0. The molecule has 19 heavy (non-hydrogen) atoms.